The highest BCUT2D eigenvalue weighted by Crippen LogP contribution is 2.08. The van der Waals surface area contributed by atoms with Crippen LogP contribution in [0.4, 0.5) is 4.79 Å². The molecule has 0 aliphatic rings. The number of hydrogen-bond donors (Lipinski definition) is 1. The number of benzene rings is 1. The number of rotatable bonds is 0. The molecule has 0 bridgehead atoms. The lowest BCUT2D eigenvalue weighted by Crippen LogP contribution is -2.09. The van der Waals surface area contributed by atoms with Crippen LogP contribution in [-0.4, -0.2) is 31.7 Å². The number of carboxylic acid groups (broad SMARTS) is 1. The molecule has 0 unspecified atom stereocenters. The molecule has 6 nitrogen and oxygen atoms in total. The van der Waals surface area contributed by atoms with E-state index in [0.717, 1.165) is 4.68 Å². The Morgan fingerprint density at radius 3 is 2.77 bits per heavy atom. The molecule has 6 heteroatoms. The molecule has 0 aliphatic heterocycles. The first kappa shape index (κ1) is 9.14. The lowest BCUT2D eigenvalue weighted by molar-refractivity contribution is 0.193. The standard InChI is InChI=1S/C7H5N3O2.H2O/c11-7(12)10-6-4-2-1-3-5(6)8-9-10;/h1-4H,(H,11,12);1H2. The Balaban J connectivity index is 0.000000845. The number of para-hydroxylation sites is 1. The molecule has 0 radical (unpaired) electrons. The molecule has 0 saturated carbocycles. The van der Waals surface area contributed by atoms with Gasteiger partial charge < -0.3 is 10.6 Å². The molecule has 1 heterocycles. The fourth-order valence-electron chi connectivity index (χ4n) is 1.01. The third-order valence-electron chi connectivity index (χ3n) is 1.53. The summed E-state index contributed by atoms with van der Waals surface area (Å²) in [5, 5.41) is 15.8. The minimum atomic E-state index is -1.12. The van der Waals surface area contributed by atoms with Gasteiger partial charge in [-0.15, -0.1) is 9.78 Å². The predicted molar refractivity (Wildman–Crippen MR) is 44.6 cm³/mol. The van der Waals surface area contributed by atoms with E-state index in [2.05, 4.69) is 10.3 Å². The van der Waals surface area contributed by atoms with Gasteiger partial charge in [0.05, 0.1) is 0 Å². The third-order valence-corrected chi connectivity index (χ3v) is 1.53. The summed E-state index contributed by atoms with van der Waals surface area (Å²) < 4.78 is 0.843. The molecular weight excluding hydrogens is 174 g/mol. The van der Waals surface area contributed by atoms with E-state index >= 15 is 0 Å². The summed E-state index contributed by atoms with van der Waals surface area (Å²) in [4.78, 5) is 10.5. The van der Waals surface area contributed by atoms with Crippen molar-refractivity contribution in [3.8, 4) is 0 Å². The first-order valence-corrected chi connectivity index (χ1v) is 3.33. The third kappa shape index (κ3) is 1.34. The van der Waals surface area contributed by atoms with E-state index in [9.17, 15) is 4.79 Å². The van der Waals surface area contributed by atoms with Gasteiger partial charge in [0.25, 0.3) is 0 Å². The Morgan fingerprint density at radius 1 is 1.38 bits per heavy atom. The summed E-state index contributed by atoms with van der Waals surface area (Å²) in [5.74, 6) is 0. The molecule has 0 amide bonds. The normalized spacial score (nSPS) is 9.54. The van der Waals surface area contributed by atoms with Crippen LogP contribution in [0.5, 0.6) is 0 Å². The summed E-state index contributed by atoms with van der Waals surface area (Å²) >= 11 is 0. The van der Waals surface area contributed by atoms with E-state index in [4.69, 9.17) is 5.11 Å². The highest BCUT2D eigenvalue weighted by Gasteiger charge is 2.07. The molecule has 0 fully saturated rings. The van der Waals surface area contributed by atoms with Gasteiger partial charge in [-0.2, -0.15) is 0 Å². The first-order valence-electron chi connectivity index (χ1n) is 3.33. The van der Waals surface area contributed by atoms with Crippen LogP contribution in [0.2, 0.25) is 0 Å². The van der Waals surface area contributed by atoms with Gasteiger partial charge in [0.15, 0.2) is 0 Å². The smallest absolute Gasteiger partial charge is 0.434 e. The molecule has 3 N–H and O–H groups in total. The second kappa shape index (κ2) is 3.20. The van der Waals surface area contributed by atoms with Crippen molar-refractivity contribution >= 4 is 17.1 Å². The Labute approximate surface area is 72.7 Å². The van der Waals surface area contributed by atoms with Crippen LogP contribution >= 0.6 is 0 Å². The second-order valence-corrected chi connectivity index (χ2v) is 2.27. The van der Waals surface area contributed by atoms with E-state index in [1.54, 1.807) is 24.3 Å². The van der Waals surface area contributed by atoms with Gasteiger partial charge in [0.1, 0.15) is 11.0 Å². The quantitative estimate of drug-likeness (QED) is 0.624. The van der Waals surface area contributed by atoms with Crippen molar-refractivity contribution in [3.63, 3.8) is 0 Å². The Morgan fingerprint density at radius 2 is 2.08 bits per heavy atom. The van der Waals surface area contributed by atoms with E-state index in [-0.39, 0.29) is 5.48 Å². The topological polar surface area (TPSA) is 99.5 Å². The van der Waals surface area contributed by atoms with Gasteiger partial charge in [-0.25, -0.2) is 4.79 Å². The Hall–Kier alpha value is -1.95. The maximum Gasteiger partial charge on any atom is 0.434 e. The molecule has 2 aromatic rings. The van der Waals surface area contributed by atoms with Crippen molar-refractivity contribution < 1.29 is 15.4 Å². The summed E-state index contributed by atoms with van der Waals surface area (Å²) in [6.45, 7) is 0. The van der Waals surface area contributed by atoms with Gasteiger partial charge in [0, 0.05) is 0 Å². The van der Waals surface area contributed by atoms with E-state index < -0.39 is 6.09 Å². The van der Waals surface area contributed by atoms with E-state index in [1.165, 1.54) is 0 Å². The van der Waals surface area contributed by atoms with Crippen molar-refractivity contribution in [2.45, 2.75) is 0 Å². The van der Waals surface area contributed by atoms with Crippen LogP contribution in [-0.2, 0) is 0 Å². The van der Waals surface area contributed by atoms with Gasteiger partial charge in [-0.05, 0) is 12.1 Å². The van der Waals surface area contributed by atoms with Gasteiger partial charge >= 0.3 is 6.09 Å². The van der Waals surface area contributed by atoms with Crippen LogP contribution in [0.25, 0.3) is 11.0 Å². The largest absolute Gasteiger partial charge is 0.463 e. The average molecular weight is 181 g/mol. The van der Waals surface area contributed by atoms with E-state index in [1.807, 2.05) is 0 Å². The van der Waals surface area contributed by atoms with Crippen LogP contribution < -0.4 is 0 Å². The molecule has 1 aromatic heterocycles. The van der Waals surface area contributed by atoms with Gasteiger partial charge in [-0.1, -0.05) is 17.3 Å². The maximum atomic E-state index is 10.5. The number of aromatic nitrogens is 3. The molecule has 0 saturated heterocycles. The molecule has 2 rings (SSSR count). The number of fused-ring (bicyclic) bond motifs is 1. The molecule has 0 atom stereocenters. The lowest BCUT2D eigenvalue weighted by Gasteiger charge is -1.90. The molecule has 0 aliphatic carbocycles. The van der Waals surface area contributed by atoms with Crippen LogP contribution in [0, 0.1) is 0 Å². The summed E-state index contributed by atoms with van der Waals surface area (Å²) in [5.41, 5.74) is 1.09. The lowest BCUT2D eigenvalue weighted by atomic mass is 10.3. The number of hydrogen-bond acceptors (Lipinski definition) is 3. The second-order valence-electron chi connectivity index (χ2n) is 2.27. The molecule has 0 spiro atoms. The molecule has 13 heavy (non-hydrogen) atoms. The van der Waals surface area contributed by atoms with Gasteiger partial charge in [-0.3, -0.25) is 0 Å². The van der Waals surface area contributed by atoms with Crippen LogP contribution in [0.15, 0.2) is 24.3 Å². The number of carbonyl (C=O) groups is 1. The summed E-state index contributed by atoms with van der Waals surface area (Å²) in [7, 11) is 0. The van der Waals surface area contributed by atoms with Crippen molar-refractivity contribution in [3.05, 3.63) is 24.3 Å². The van der Waals surface area contributed by atoms with Crippen molar-refractivity contribution in [1.29, 1.82) is 0 Å². The Kier molecular flexibility index (Phi) is 2.25. The maximum absolute atomic E-state index is 10.5. The zero-order chi connectivity index (χ0) is 8.55. The monoisotopic (exact) mass is 181 g/mol. The Bertz CT molecular complexity index is 437. The molecular formula is C7H7N3O3. The fourth-order valence-corrected chi connectivity index (χ4v) is 1.01. The summed E-state index contributed by atoms with van der Waals surface area (Å²) in [6, 6.07) is 6.89. The predicted octanol–water partition coefficient (Wildman–Crippen LogP) is 0.133. The van der Waals surface area contributed by atoms with Gasteiger partial charge in [0.2, 0.25) is 0 Å². The van der Waals surface area contributed by atoms with Crippen molar-refractivity contribution in [2.24, 2.45) is 0 Å². The first-order chi connectivity index (χ1) is 5.79. The molecule has 1 aromatic carbocycles. The van der Waals surface area contributed by atoms with Crippen molar-refractivity contribution in [1.82, 2.24) is 15.0 Å². The summed E-state index contributed by atoms with van der Waals surface area (Å²) in [6.07, 6.45) is -1.12. The minimum absolute atomic E-state index is 0. The molecule has 68 valence electrons. The zero-order valence-corrected chi connectivity index (χ0v) is 6.51. The van der Waals surface area contributed by atoms with Crippen LogP contribution in [0.3, 0.4) is 0 Å². The highest BCUT2D eigenvalue weighted by atomic mass is 16.4. The average Bonchev–Trinajstić information content (AvgIpc) is 2.47. The highest BCUT2D eigenvalue weighted by molar-refractivity contribution is 5.83. The SMILES string of the molecule is O.O=C(O)n1nnc2ccccc21. The minimum Gasteiger partial charge on any atom is -0.463 e. The fraction of sp³-hybridized carbons (Fsp3) is 0. The number of nitrogens with zero attached hydrogens (tertiary/aromatic N) is 3. The van der Waals surface area contributed by atoms with Crippen molar-refractivity contribution in [2.75, 3.05) is 0 Å². The van der Waals surface area contributed by atoms with E-state index in [0.29, 0.717) is 11.0 Å². The zero-order valence-electron chi connectivity index (χ0n) is 6.51. The van der Waals surface area contributed by atoms with Crippen LogP contribution in [0.1, 0.15) is 0 Å².